The molecule has 0 saturated heterocycles. The molecule has 1 unspecified atom stereocenters. The molecule has 1 aliphatic heterocycles. The first-order chi connectivity index (χ1) is 8.69. The van der Waals surface area contributed by atoms with Crippen molar-refractivity contribution in [2.75, 3.05) is 26.7 Å². The Bertz CT molecular complexity index is 397. The van der Waals surface area contributed by atoms with Gasteiger partial charge in [0.25, 0.3) is 0 Å². The molecule has 0 radical (unpaired) electrons. The van der Waals surface area contributed by atoms with Gasteiger partial charge in [-0.05, 0) is 32.0 Å². The lowest BCUT2D eigenvalue weighted by molar-refractivity contribution is -0.121. The minimum Gasteiger partial charge on any atom is -0.355 e. The van der Waals surface area contributed by atoms with E-state index in [2.05, 4.69) is 34.5 Å². The van der Waals surface area contributed by atoms with Crippen LogP contribution in [-0.4, -0.2) is 42.7 Å². The summed E-state index contributed by atoms with van der Waals surface area (Å²) >= 11 is 1.93. The van der Waals surface area contributed by atoms with Crippen molar-refractivity contribution in [1.82, 2.24) is 10.2 Å². The van der Waals surface area contributed by atoms with Gasteiger partial charge in [0.1, 0.15) is 0 Å². The van der Waals surface area contributed by atoms with Crippen molar-refractivity contribution in [2.45, 2.75) is 23.5 Å². The van der Waals surface area contributed by atoms with Crippen molar-refractivity contribution in [1.29, 1.82) is 0 Å². The fourth-order valence-electron chi connectivity index (χ4n) is 2.27. The van der Waals surface area contributed by atoms with Crippen LogP contribution in [0, 0.1) is 0 Å². The van der Waals surface area contributed by atoms with Crippen LogP contribution in [0.15, 0.2) is 29.2 Å². The number of thioether (sulfide) groups is 1. The zero-order chi connectivity index (χ0) is 13.0. The molecule has 4 heteroatoms. The van der Waals surface area contributed by atoms with Gasteiger partial charge in [0.2, 0.25) is 5.91 Å². The highest BCUT2D eigenvalue weighted by molar-refractivity contribution is 8.00. The van der Waals surface area contributed by atoms with E-state index in [1.54, 1.807) is 0 Å². The Labute approximate surface area is 113 Å². The van der Waals surface area contributed by atoms with Gasteiger partial charge in [-0.1, -0.05) is 18.2 Å². The van der Waals surface area contributed by atoms with Crippen molar-refractivity contribution < 1.29 is 4.79 Å². The molecule has 1 atom stereocenters. The number of carbonyl (C=O) groups is 1. The van der Waals surface area contributed by atoms with Gasteiger partial charge >= 0.3 is 0 Å². The third kappa shape index (κ3) is 3.50. The Morgan fingerprint density at radius 1 is 1.50 bits per heavy atom. The van der Waals surface area contributed by atoms with E-state index in [4.69, 9.17) is 0 Å². The molecule has 0 aromatic heterocycles. The molecule has 1 amide bonds. The highest BCUT2D eigenvalue weighted by Gasteiger charge is 2.23. The Morgan fingerprint density at radius 3 is 3.00 bits per heavy atom. The number of carbonyl (C=O) groups excluding carboxylic acids is 1. The van der Waals surface area contributed by atoms with Crippen LogP contribution in [0.3, 0.4) is 0 Å². The summed E-state index contributed by atoms with van der Waals surface area (Å²) in [5.74, 6) is 0.112. The highest BCUT2D eigenvalue weighted by Crippen LogP contribution is 2.36. The van der Waals surface area contributed by atoms with Gasteiger partial charge in [-0.3, -0.25) is 9.69 Å². The number of nitrogens with zero attached hydrogens (tertiary/aromatic N) is 1. The van der Waals surface area contributed by atoms with Crippen LogP contribution in [0.2, 0.25) is 0 Å². The van der Waals surface area contributed by atoms with Crippen LogP contribution >= 0.6 is 11.8 Å². The van der Waals surface area contributed by atoms with E-state index in [0.717, 1.165) is 13.0 Å². The molecule has 1 N–H and O–H groups in total. The number of likely N-dealkylation sites (N-methyl/N-ethyl adjacent to an activating group) is 2. The van der Waals surface area contributed by atoms with E-state index in [0.29, 0.717) is 18.3 Å². The Kier molecular flexibility index (Phi) is 4.66. The van der Waals surface area contributed by atoms with E-state index in [-0.39, 0.29) is 5.91 Å². The number of hydrogen-bond acceptors (Lipinski definition) is 3. The van der Waals surface area contributed by atoms with Gasteiger partial charge < -0.3 is 5.32 Å². The molecule has 0 aliphatic carbocycles. The Hall–Kier alpha value is -1.00. The molecule has 2 rings (SSSR count). The summed E-state index contributed by atoms with van der Waals surface area (Å²) in [7, 11) is 2.01. The van der Waals surface area contributed by atoms with E-state index in [9.17, 15) is 4.79 Å². The van der Waals surface area contributed by atoms with Crippen LogP contribution < -0.4 is 5.32 Å². The molecule has 1 aromatic carbocycles. The SMILES string of the molecule is CCNC(=O)CN(C)CC1Cc2ccccc2S1. The molecule has 1 heterocycles. The third-order valence-electron chi connectivity index (χ3n) is 3.02. The summed E-state index contributed by atoms with van der Waals surface area (Å²) in [4.78, 5) is 15.0. The van der Waals surface area contributed by atoms with Gasteiger partial charge in [0, 0.05) is 23.2 Å². The first-order valence-electron chi connectivity index (χ1n) is 6.39. The topological polar surface area (TPSA) is 32.3 Å². The number of rotatable bonds is 5. The van der Waals surface area contributed by atoms with Gasteiger partial charge in [-0.25, -0.2) is 0 Å². The van der Waals surface area contributed by atoms with E-state index < -0.39 is 0 Å². The minimum absolute atomic E-state index is 0.112. The lowest BCUT2D eigenvalue weighted by Gasteiger charge is -2.19. The average molecular weight is 264 g/mol. The number of benzene rings is 1. The molecule has 18 heavy (non-hydrogen) atoms. The Balaban J connectivity index is 1.80. The van der Waals surface area contributed by atoms with Crippen LogP contribution in [0.25, 0.3) is 0 Å². The van der Waals surface area contributed by atoms with E-state index in [1.165, 1.54) is 10.5 Å². The number of nitrogens with one attached hydrogen (secondary N) is 1. The monoisotopic (exact) mass is 264 g/mol. The summed E-state index contributed by atoms with van der Waals surface area (Å²) in [6.45, 7) is 4.09. The quantitative estimate of drug-likeness (QED) is 0.880. The first kappa shape index (κ1) is 13.4. The second-order valence-electron chi connectivity index (χ2n) is 4.70. The normalized spacial score (nSPS) is 17.8. The summed E-state index contributed by atoms with van der Waals surface area (Å²) in [5, 5.41) is 3.40. The molecule has 0 fully saturated rings. The molecule has 0 saturated carbocycles. The molecule has 0 bridgehead atoms. The van der Waals surface area contributed by atoms with Crippen molar-refractivity contribution >= 4 is 17.7 Å². The summed E-state index contributed by atoms with van der Waals surface area (Å²) in [6, 6.07) is 8.57. The molecule has 1 aliphatic rings. The van der Waals surface area contributed by atoms with Crippen LogP contribution in [0.1, 0.15) is 12.5 Å². The fraction of sp³-hybridized carbons (Fsp3) is 0.500. The predicted molar refractivity (Wildman–Crippen MR) is 76.0 cm³/mol. The van der Waals surface area contributed by atoms with Crippen LogP contribution in [0.5, 0.6) is 0 Å². The number of fused-ring (bicyclic) bond motifs is 1. The van der Waals surface area contributed by atoms with Gasteiger partial charge in [-0.15, -0.1) is 11.8 Å². The molecular formula is C14H20N2OS. The minimum atomic E-state index is 0.112. The zero-order valence-electron chi connectivity index (χ0n) is 11.0. The van der Waals surface area contributed by atoms with Crippen LogP contribution in [0.4, 0.5) is 0 Å². The standard InChI is InChI=1S/C14H20N2OS/c1-3-15-14(17)10-16(2)9-12-8-11-6-4-5-7-13(11)18-12/h4-7,12H,3,8-10H2,1-2H3,(H,15,17). The maximum atomic E-state index is 11.5. The zero-order valence-corrected chi connectivity index (χ0v) is 11.8. The van der Waals surface area contributed by atoms with Crippen LogP contribution in [-0.2, 0) is 11.2 Å². The lowest BCUT2D eigenvalue weighted by Crippen LogP contribution is -2.37. The predicted octanol–water partition coefficient (Wildman–Crippen LogP) is 1.77. The third-order valence-corrected chi connectivity index (χ3v) is 4.32. The van der Waals surface area contributed by atoms with Gasteiger partial charge in [0.15, 0.2) is 0 Å². The Morgan fingerprint density at radius 2 is 2.28 bits per heavy atom. The summed E-state index contributed by atoms with van der Waals surface area (Å²) in [6.07, 6.45) is 1.11. The maximum Gasteiger partial charge on any atom is 0.234 e. The van der Waals surface area contributed by atoms with Crippen molar-refractivity contribution in [2.24, 2.45) is 0 Å². The molecule has 98 valence electrons. The smallest absolute Gasteiger partial charge is 0.234 e. The average Bonchev–Trinajstić information content (AvgIpc) is 2.70. The maximum absolute atomic E-state index is 11.5. The fourth-order valence-corrected chi connectivity index (χ4v) is 3.68. The van der Waals surface area contributed by atoms with Gasteiger partial charge in [-0.2, -0.15) is 0 Å². The van der Waals surface area contributed by atoms with Crippen molar-refractivity contribution in [3.05, 3.63) is 29.8 Å². The van der Waals surface area contributed by atoms with Crippen molar-refractivity contribution in [3.8, 4) is 0 Å². The van der Waals surface area contributed by atoms with Gasteiger partial charge in [0.05, 0.1) is 6.54 Å². The highest BCUT2D eigenvalue weighted by atomic mass is 32.2. The summed E-state index contributed by atoms with van der Waals surface area (Å²) in [5.41, 5.74) is 1.44. The number of amides is 1. The van der Waals surface area contributed by atoms with Crippen molar-refractivity contribution in [3.63, 3.8) is 0 Å². The molecule has 1 aromatic rings. The van der Waals surface area contributed by atoms with E-state index >= 15 is 0 Å². The first-order valence-corrected chi connectivity index (χ1v) is 7.26. The van der Waals surface area contributed by atoms with E-state index in [1.807, 2.05) is 25.7 Å². The number of hydrogen-bond donors (Lipinski definition) is 1. The summed E-state index contributed by atoms with van der Waals surface area (Å²) < 4.78 is 0. The molecule has 0 spiro atoms. The lowest BCUT2D eigenvalue weighted by atomic mass is 10.1. The second kappa shape index (κ2) is 6.25. The largest absolute Gasteiger partial charge is 0.355 e. The second-order valence-corrected chi connectivity index (χ2v) is 6.04. The molecule has 3 nitrogen and oxygen atoms in total. The molecular weight excluding hydrogens is 244 g/mol.